The van der Waals surface area contributed by atoms with E-state index in [9.17, 15) is 24.2 Å². The van der Waals surface area contributed by atoms with E-state index in [0.717, 1.165) is 70.6 Å². The lowest BCUT2D eigenvalue weighted by molar-refractivity contribution is -0.161. The van der Waals surface area contributed by atoms with E-state index in [4.69, 9.17) is 19.1 Å². The smallest absolute Gasteiger partial charge is 0.462 e. The van der Waals surface area contributed by atoms with E-state index < -0.39 is 51.8 Å². The van der Waals surface area contributed by atoms with Crippen LogP contribution in [-0.2, 0) is 32.7 Å². The van der Waals surface area contributed by atoms with Crippen LogP contribution in [0.1, 0.15) is 162 Å². The summed E-state index contributed by atoms with van der Waals surface area (Å²) in [6, 6.07) is 0. The van der Waals surface area contributed by atoms with E-state index in [2.05, 4.69) is 79.1 Å². The maximum absolute atomic E-state index is 12.6. The third-order valence-electron chi connectivity index (χ3n) is 8.44. The second-order valence-corrected chi connectivity index (χ2v) is 15.1. The molecule has 3 N–H and O–H groups in total. The lowest BCUT2D eigenvalue weighted by Gasteiger charge is -2.20. The molecule has 0 bridgehead atoms. The van der Waals surface area contributed by atoms with Crippen molar-refractivity contribution in [2.45, 2.75) is 174 Å². The molecule has 0 saturated carbocycles. The molecule has 0 aliphatic carbocycles. The van der Waals surface area contributed by atoms with E-state index >= 15 is 0 Å². The van der Waals surface area contributed by atoms with Gasteiger partial charge in [-0.2, -0.15) is 0 Å². The first kappa shape index (κ1) is 51.7. The molecule has 3 atom stereocenters. The molecule has 54 heavy (non-hydrogen) atoms. The fourth-order valence-electron chi connectivity index (χ4n) is 5.25. The lowest BCUT2D eigenvalue weighted by Crippen LogP contribution is -2.29. The molecule has 11 heteroatoms. The Morgan fingerprint density at radius 2 is 1.02 bits per heavy atom. The van der Waals surface area contributed by atoms with Gasteiger partial charge in [-0.3, -0.25) is 18.6 Å². The van der Waals surface area contributed by atoms with Crippen molar-refractivity contribution >= 4 is 19.8 Å². The number of aliphatic hydroxyl groups is 2. The Kier molecular flexibility index (Phi) is 37.2. The van der Waals surface area contributed by atoms with Crippen LogP contribution in [0.3, 0.4) is 0 Å². The largest absolute Gasteiger partial charge is 0.472 e. The number of phosphoric acid groups is 1. The van der Waals surface area contributed by atoms with Gasteiger partial charge in [0, 0.05) is 12.8 Å². The normalized spacial score (nSPS) is 14.5. The van der Waals surface area contributed by atoms with Gasteiger partial charge in [0.1, 0.15) is 12.7 Å². The predicted molar refractivity (Wildman–Crippen MR) is 219 cm³/mol. The third kappa shape index (κ3) is 38.0. The van der Waals surface area contributed by atoms with Crippen molar-refractivity contribution in [3.63, 3.8) is 0 Å². The van der Waals surface area contributed by atoms with E-state index in [1.54, 1.807) is 0 Å². The molecule has 0 spiro atoms. The molecule has 0 aromatic heterocycles. The van der Waals surface area contributed by atoms with Crippen molar-refractivity contribution in [1.82, 2.24) is 0 Å². The lowest BCUT2D eigenvalue weighted by atomic mass is 10.0. The number of phosphoric ester groups is 1. The number of carbonyl (C=O) groups excluding carboxylic acids is 2. The quantitative estimate of drug-likeness (QED) is 0.0239. The second-order valence-electron chi connectivity index (χ2n) is 13.6. The Balaban J connectivity index is 4.37. The summed E-state index contributed by atoms with van der Waals surface area (Å²) in [6.45, 7) is 2.21. The van der Waals surface area contributed by atoms with Crippen LogP contribution in [0, 0.1) is 0 Å². The topological polar surface area (TPSA) is 149 Å². The van der Waals surface area contributed by atoms with E-state index in [1.165, 1.54) is 51.4 Å². The van der Waals surface area contributed by atoms with Crippen molar-refractivity contribution in [2.24, 2.45) is 0 Å². The summed E-state index contributed by atoms with van der Waals surface area (Å²) in [5.74, 6) is -0.965. The fourth-order valence-corrected chi connectivity index (χ4v) is 6.04. The zero-order chi connectivity index (χ0) is 39.8. The first-order valence-corrected chi connectivity index (χ1v) is 22.2. The highest BCUT2D eigenvalue weighted by Gasteiger charge is 2.27. The van der Waals surface area contributed by atoms with Gasteiger partial charge in [0.15, 0.2) is 6.10 Å². The van der Waals surface area contributed by atoms with Gasteiger partial charge in [-0.15, -0.1) is 0 Å². The zero-order valence-corrected chi connectivity index (χ0v) is 34.6. The van der Waals surface area contributed by atoms with Crippen LogP contribution in [-0.4, -0.2) is 65.7 Å². The molecule has 0 aromatic rings. The van der Waals surface area contributed by atoms with Crippen LogP contribution in [0.4, 0.5) is 0 Å². The van der Waals surface area contributed by atoms with Gasteiger partial charge in [0.25, 0.3) is 0 Å². The average Bonchev–Trinajstić information content (AvgIpc) is 3.16. The SMILES string of the molecule is CC/C=C\C/C=C\C/C=C\C/C=C\C/C=C\CCCCCC(=O)OC[C@H](COP(=O)(O)OC[C@@H](O)CO)OC(=O)CCCCCCCCCCCCCC. The van der Waals surface area contributed by atoms with Crippen LogP contribution in [0.2, 0.25) is 0 Å². The van der Waals surface area contributed by atoms with Gasteiger partial charge in [-0.25, -0.2) is 4.57 Å². The first-order chi connectivity index (χ1) is 26.2. The first-order valence-electron chi connectivity index (χ1n) is 20.7. The molecular formula is C43H75O10P. The number of hydrogen-bond donors (Lipinski definition) is 3. The van der Waals surface area contributed by atoms with Crippen LogP contribution in [0.25, 0.3) is 0 Å². The standard InChI is InChI=1S/C43H75O10P/c1-3-5-7-9-11-13-15-17-18-19-20-21-22-23-25-26-28-30-32-34-42(46)50-38-41(39-52-54(48,49)51-37-40(45)36-44)53-43(47)35-33-31-29-27-24-16-14-12-10-8-6-4-2/h5,7,11,13,17-18,20-21,23,25,40-41,44-45H,3-4,6,8-10,12,14-16,19,22,24,26-39H2,1-2H3,(H,48,49)/b7-5-,13-11-,18-17-,21-20-,25-23-/t40-,41+/m0/s1. The Morgan fingerprint density at radius 1 is 0.574 bits per heavy atom. The minimum Gasteiger partial charge on any atom is -0.462 e. The molecule has 312 valence electrons. The fraction of sp³-hybridized carbons (Fsp3) is 0.721. The molecule has 0 fully saturated rings. The summed E-state index contributed by atoms with van der Waals surface area (Å²) >= 11 is 0. The number of allylic oxidation sites excluding steroid dienone is 10. The van der Waals surface area contributed by atoms with Gasteiger partial charge in [-0.05, 0) is 57.8 Å². The Morgan fingerprint density at radius 3 is 1.54 bits per heavy atom. The van der Waals surface area contributed by atoms with Crippen LogP contribution in [0.5, 0.6) is 0 Å². The molecule has 0 rings (SSSR count). The molecule has 0 aromatic carbocycles. The van der Waals surface area contributed by atoms with Gasteiger partial charge in [0.05, 0.1) is 19.8 Å². The van der Waals surface area contributed by atoms with E-state index in [1.807, 2.05) is 0 Å². The maximum Gasteiger partial charge on any atom is 0.472 e. The number of ether oxygens (including phenoxy) is 2. The number of esters is 2. The second kappa shape index (κ2) is 38.9. The molecule has 0 radical (unpaired) electrons. The highest BCUT2D eigenvalue weighted by molar-refractivity contribution is 7.47. The molecule has 0 saturated heterocycles. The Labute approximate surface area is 327 Å². The van der Waals surface area contributed by atoms with Gasteiger partial charge >= 0.3 is 19.8 Å². The van der Waals surface area contributed by atoms with Gasteiger partial charge in [-0.1, -0.05) is 152 Å². The molecule has 1 unspecified atom stereocenters. The molecule has 0 heterocycles. The third-order valence-corrected chi connectivity index (χ3v) is 9.39. The highest BCUT2D eigenvalue weighted by atomic mass is 31.2. The van der Waals surface area contributed by atoms with Crippen molar-refractivity contribution in [3.05, 3.63) is 60.8 Å². The van der Waals surface area contributed by atoms with Crippen molar-refractivity contribution in [2.75, 3.05) is 26.4 Å². The summed E-state index contributed by atoms with van der Waals surface area (Å²) < 4.78 is 32.6. The van der Waals surface area contributed by atoms with Crippen molar-refractivity contribution < 1.29 is 47.8 Å². The van der Waals surface area contributed by atoms with E-state index in [-0.39, 0.29) is 19.4 Å². The van der Waals surface area contributed by atoms with E-state index in [0.29, 0.717) is 12.8 Å². The monoisotopic (exact) mass is 783 g/mol. The predicted octanol–water partition coefficient (Wildman–Crippen LogP) is 10.7. The minimum atomic E-state index is -4.62. The van der Waals surface area contributed by atoms with Crippen LogP contribution >= 0.6 is 7.82 Å². The number of unbranched alkanes of at least 4 members (excludes halogenated alkanes) is 14. The van der Waals surface area contributed by atoms with Crippen LogP contribution in [0.15, 0.2) is 60.8 Å². The van der Waals surface area contributed by atoms with Crippen molar-refractivity contribution in [1.29, 1.82) is 0 Å². The maximum atomic E-state index is 12.6. The molecule has 0 aliphatic heterocycles. The number of rotatable bonds is 38. The zero-order valence-electron chi connectivity index (χ0n) is 33.7. The average molecular weight is 783 g/mol. The number of aliphatic hydroxyl groups excluding tert-OH is 2. The highest BCUT2D eigenvalue weighted by Crippen LogP contribution is 2.43. The summed E-state index contributed by atoms with van der Waals surface area (Å²) in [4.78, 5) is 34.9. The summed E-state index contributed by atoms with van der Waals surface area (Å²) in [5.41, 5.74) is 0. The minimum absolute atomic E-state index is 0.176. The Bertz CT molecular complexity index is 1080. The number of hydrogen-bond acceptors (Lipinski definition) is 9. The van der Waals surface area contributed by atoms with Crippen molar-refractivity contribution in [3.8, 4) is 0 Å². The Hall–Kier alpha value is -2.33. The molecule has 0 aliphatic rings. The summed E-state index contributed by atoms with van der Waals surface area (Å²) in [7, 11) is -4.62. The van der Waals surface area contributed by atoms with Gasteiger partial charge < -0.3 is 24.6 Å². The molecule has 0 amide bonds. The number of carbonyl (C=O) groups is 2. The summed E-state index contributed by atoms with van der Waals surface area (Å²) in [5, 5.41) is 18.3. The van der Waals surface area contributed by atoms with Crippen LogP contribution < -0.4 is 0 Å². The van der Waals surface area contributed by atoms with Gasteiger partial charge in [0.2, 0.25) is 0 Å². The molecule has 10 nitrogen and oxygen atoms in total. The molecular weight excluding hydrogens is 707 g/mol. The summed E-state index contributed by atoms with van der Waals surface area (Å²) in [6.07, 6.45) is 41.9.